The Balaban J connectivity index is 2.17. The molecular weight excluding hydrogens is 336 g/mol. The van der Waals surface area contributed by atoms with Gasteiger partial charge in [0.25, 0.3) is 0 Å². The Kier molecular flexibility index (Phi) is 3.67. The first-order valence-electron chi connectivity index (χ1n) is 6.30. The maximum absolute atomic E-state index is 4.63. The predicted molar refractivity (Wildman–Crippen MR) is 87.3 cm³/mol. The molecule has 20 heavy (non-hydrogen) atoms. The summed E-state index contributed by atoms with van der Waals surface area (Å²) in [7, 11) is 1.86. The van der Waals surface area contributed by atoms with Crippen LogP contribution in [0.25, 0.3) is 21.6 Å². The van der Waals surface area contributed by atoms with Gasteiger partial charge >= 0.3 is 0 Å². The van der Waals surface area contributed by atoms with Crippen molar-refractivity contribution in [2.24, 2.45) is 0 Å². The average Bonchev–Trinajstić information content (AvgIpc) is 2.95. The number of nitrogens with one attached hydrogen (secondary N) is 1. The molecule has 0 aliphatic rings. The highest BCUT2D eigenvalue weighted by Crippen LogP contribution is 2.29. The molecule has 3 rings (SSSR count). The van der Waals surface area contributed by atoms with Crippen molar-refractivity contribution in [2.75, 3.05) is 12.4 Å². The van der Waals surface area contributed by atoms with Crippen molar-refractivity contribution in [3.05, 3.63) is 33.9 Å². The van der Waals surface area contributed by atoms with E-state index in [1.54, 1.807) is 11.3 Å². The standard InChI is InChI=1S/C14H13BrN4S/c1-3-9-12(15)14(16-2)19-13(18-9)8-6-11-10(17-7-8)4-5-20-11/h4-7H,3H2,1-2H3,(H,16,18,19). The summed E-state index contributed by atoms with van der Waals surface area (Å²) >= 11 is 5.22. The molecule has 102 valence electrons. The largest absolute Gasteiger partial charge is 0.372 e. The summed E-state index contributed by atoms with van der Waals surface area (Å²) in [6.07, 6.45) is 2.68. The van der Waals surface area contributed by atoms with E-state index < -0.39 is 0 Å². The molecule has 0 atom stereocenters. The number of rotatable bonds is 3. The van der Waals surface area contributed by atoms with E-state index in [0.717, 1.165) is 38.2 Å². The number of aromatic nitrogens is 3. The summed E-state index contributed by atoms with van der Waals surface area (Å²) in [4.78, 5) is 13.6. The van der Waals surface area contributed by atoms with Crippen LogP contribution >= 0.6 is 27.3 Å². The lowest BCUT2D eigenvalue weighted by Crippen LogP contribution is -2.02. The van der Waals surface area contributed by atoms with Crippen LogP contribution in [0.1, 0.15) is 12.6 Å². The van der Waals surface area contributed by atoms with E-state index in [2.05, 4.69) is 49.2 Å². The lowest BCUT2D eigenvalue weighted by atomic mass is 10.2. The smallest absolute Gasteiger partial charge is 0.163 e. The molecule has 3 aromatic heterocycles. The summed E-state index contributed by atoms with van der Waals surface area (Å²) in [5.41, 5.74) is 2.95. The topological polar surface area (TPSA) is 50.7 Å². The predicted octanol–water partition coefficient (Wildman–Crippen LogP) is 4.12. The summed E-state index contributed by atoms with van der Waals surface area (Å²) < 4.78 is 2.08. The van der Waals surface area contributed by atoms with Crippen molar-refractivity contribution >= 4 is 43.3 Å². The van der Waals surface area contributed by atoms with E-state index in [9.17, 15) is 0 Å². The Hall–Kier alpha value is -1.53. The Bertz CT molecular complexity index is 744. The highest BCUT2D eigenvalue weighted by Gasteiger charge is 2.12. The van der Waals surface area contributed by atoms with Gasteiger partial charge in [-0.05, 0) is 39.9 Å². The molecule has 0 saturated carbocycles. The molecule has 3 heterocycles. The minimum atomic E-state index is 0.706. The van der Waals surface area contributed by atoms with Crippen molar-refractivity contribution in [2.45, 2.75) is 13.3 Å². The Morgan fingerprint density at radius 1 is 1.35 bits per heavy atom. The fraction of sp³-hybridized carbons (Fsp3) is 0.214. The third kappa shape index (κ3) is 2.29. The van der Waals surface area contributed by atoms with Gasteiger partial charge < -0.3 is 5.32 Å². The fourth-order valence-corrected chi connectivity index (χ4v) is 3.43. The van der Waals surface area contributed by atoms with E-state index in [0.29, 0.717) is 5.82 Å². The highest BCUT2D eigenvalue weighted by molar-refractivity contribution is 9.10. The number of hydrogen-bond donors (Lipinski definition) is 1. The molecule has 0 amide bonds. The molecule has 0 saturated heterocycles. The molecular formula is C14H13BrN4S. The SMILES string of the molecule is CCc1nc(-c2cnc3ccsc3c2)nc(NC)c1Br. The van der Waals surface area contributed by atoms with E-state index in [1.807, 2.05) is 24.7 Å². The summed E-state index contributed by atoms with van der Waals surface area (Å²) in [6.45, 7) is 2.08. The van der Waals surface area contributed by atoms with Crippen LogP contribution in [-0.4, -0.2) is 22.0 Å². The quantitative estimate of drug-likeness (QED) is 0.773. The number of anilines is 1. The molecule has 6 heteroatoms. The average molecular weight is 349 g/mol. The van der Waals surface area contributed by atoms with Crippen LogP contribution in [0.5, 0.6) is 0 Å². The molecule has 0 bridgehead atoms. The third-order valence-corrected chi connectivity index (χ3v) is 4.74. The van der Waals surface area contributed by atoms with Crippen molar-refractivity contribution < 1.29 is 0 Å². The van der Waals surface area contributed by atoms with Gasteiger partial charge in [-0.1, -0.05) is 6.92 Å². The monoisotopic (exact) mass is 348 g/mol. The normalized spacial score (nSPS) is 10.9. The van der Waals surface area contributed by atoms with Crippen LogP contribution < -0.4 is 5.32 Å². The lowest BCUT2D eigenvalue weighted by molar-refractivity contribution is 0.991. The van der Waals surface area contributed by atoms with Crippen molar-refractivity contribution in [1.82, 2.24) is 15.0 Å². The number of thiophene rings is 1. The molecule has 3 aromatic rings. The fourth-order valence-electron chi connectivity index (χ4n) is 1.99. The molecule has 1 N–H and O–H groups in total. The van der Waals surface area contributed by atoms with Crippen LogP contribution in [0.15, 0.2) is 28.2 Å². The van der Waals surface area contributed by atoms with Gasteiger partial charge in [0.1, 0.15) is 5.82 Å². The zero-order valence-corrected chi connectivity index (χ0v) is 13.5. The number of pyridine rings is 1. The number of halogens is 1. The van der Waals surface area contributed by atoms with Crippen LogP contribution in [0.4, 0.5) is 5.82 Å². The molecule has 0 spiro atoms. The first-order chi connectivity index (χ1) is 9.72. The van der Waals surface area contributed by atoms with Crippen molar-refractivity contribution in [3.63, 3.8) is 0 Å². The molecule has 0 unspecified atom stereocenters. The second-order valence-corrected chi connectivity index (χ2v) is 6.03. The Morgan fingerprint density at radius 3 is 2.95 bits per heavy atom. The zero-order chi connectivity index (χ0) is 14.1. The van der Waals surface area contributed by atoms with Crippen LogP contribution in [-0.2, 0) is 6.42 Å². The summed E-state index contributed by atoms with van der Waals surface area (Å²) in [5.74, 6) is 1.51. The van der Waals surface area contributed by atoms with Crippen molar-refractivity contribution in [1.29, 1.82) is 0 Å². The third-order valence-electron chi connectivity index (χ3n) is 3.05. The zero-order valence-electron chi connectivity index (χ0n) is 11.1. The van der Waals surface area contributed by atoms with Crippen molar-refractivity contribution in [3.8, 4) is 11.4 Å². The number of nitrogens with zero attached hydrogens (tertiary/aromatic N) is 3. The maximum Gasteiger partial charge on any atom is 0.163 e. The highest BCUT2D eigenvalue weighted by atomic mass is 79.9. The van der Waals surface area contributed by atoms with Crippen LogP contribution in [0.3, 0.4) is 0 Å². The Morgan fingerprint density at radius 2 is 2.20 bits per heavy atom. The van der Waals surface area contributed by atoms with E-state index >= 15 is 0 Å². The van der Waals surface area contributed by atoms with Gasteiger partial charge in [-0.2, -0.15) is 0 Å². The number of fused-ring (bicyclic) bond motifs is 1. The van der Waals surface area contributed by atoms with E-state index in [1.165, 1.54) is 0 Å². The number of hydrogen-bond acceptors (Lipinski definition) is 5. The maximum atomic E-state index is 4.63. The van der Waals surface area contributed by atoms with Gasteiger partial charge in [0.2, 0.25) is 0 Å². The second-order valence-electron chi connectivity index (χ2n) is 4.29. The van der Waals surface area contributed by atoms with Crippen LogP contribution in [0, 0.1) is 0 Å². The lowest BCUT2D eigenvalue weighted by Gasteiger charge is -2.10. The molecule has 0 radical (unpaired) electrons. The van der Waals surface area contributed by atoms with Gasteiger partial charge in [-0.15, -0.1) is 11.3 Å². The number of aryl methyl sites for hydroxylation is 1. The van der Waals surface area contributed by atoms with Gasteiger partial charge in [-0.3, -0.25) is 4.98 Å². The van der Waals surface area contributed by atoms with Gasteiger partial charge in [0.15, 0.2) is 5.82 Å². The molecule has 4 nitrogen and oxygen atoms in total. The molecule has 0 aliphatic heterocycles. The minimum Gasteiger partial charge on any atom is -0.372 e. The second kappa shape index (κ2) is 5.46. The van der Waals surface area contributed by atoms with E-state index in [-0.39, 0.29) is 0 Å². The molecule has 0 fully saturated rings. The van der Waals surface area contributed by atoms with Crippen LogP contribution in [0.2, 0.25) is 0 Å². The first kappa shape index (κ1) is 13.5. The van der Waals surface area contributed by atoms with Gasteiger partial charge in [0, 0.05) is 18.8 Å². The Labute approximate surface area is 129 Å². The summed E-state index contributed by atoms with van der Waals surface area (Å²) in [5, 5.41) is 5.14. The van der Waals surface area contributed by atoms with Gasteiger partial charge in [-0.25, -0.2) is 9.97 Å². The summed E-state index contributed by atoms with van der Waals surface area (Å²) in [6, 6.07) is 4.11. The molecule has 0 aromatic carbocycles. The van der Waals surface area contributed by atoms with E-state index in [4.69, 9.17) is 0 Å². The van der Waals surface area contributed by atoms with Gasteiger partial charge in [0.05, 0.1) is 20.4 Å². The molecule has 0 aliphatic carbocycles. The minimum absolute atomic E-state index is 0.706. The first-order valence-corrected chi connectivity index (χ1v) is 7.98.